The standard InChI is InChI=1S/C8H8FO/c1-2-10-8-5-3-7(9)4-6-8/h3-6H,1-2H2. The van der Waals surface area contributed by atoms with E-state index in [1.54, 1.807) is 12.1 Å². The second-order valence-electron chi connectivity index (χ2n) is 1.80. The highest BCUT2D eigenvalue weighted by Gasteiger charge is 1.90. The Labute approximate surface area is 59.4 Å². The van der Waals surface area contributed by atoms with E-state index in [-0.39, 0.29) is 5.82 Å². The van der Waals surface area contributed by atoms with Gasteiger partial charge in [-0.15, -0.1) is 0 Å². The summed E-state index contributed by atoms with van der Waals surface area (Å²) < 4.78 is 17.2. The van der Waals surface area contributed by atoms with Crippen molar-refractivity contribution < 1.29 is 9.13 Å². The van der Waals surface area contributed by atoms with Gasteiger partial charge in [-0.2, -0.15) is 0 Å². The van der Waals surface area contributed by atoms with Crippen molar-refractivity contribution in [3.05, 3.63) is 37.0 Å². The predicted octanol–water partition coefficient (Wildman–Crippen LogP) is 2.04. The lowest BCUT2D eigenvalue weighted by molar-refractivity contribution is 0.360. The highest BCUT2D eigenvalue weighted by molar-refractivity contribution is 5.21. The molecule has 10 heavy (non-hydrogen) atoms. The summed E-state index contributed by atoms with van der Waals surface area (Å²) >= 11 is 0. The third-order valence-corrected chi connectivity index (χ3v) is 1.08. The minimum atomic E-state index is -0.253. The molecule has 1 aromatic carbocycles. The Balaban J connectivity index is 2.69. The number of hydrogen-bond acceptors (Lipinski definition) is 1. The molecule has 0 unspecified atom stereocenters. The van der Waals surface area contributed by atoms with E-state index in [2.05, 4.69) is 6.92 Å². The van der Waals surface area contributed by atoms with Gasteiger partial charge in [0.1, 0.15) is 11.6 Å². The molecular weight excluding hydrogens is 131 g/mol. The van der Waals surface area contributed by atoms with Crippen LogP contribution in [-0.2, 0) is 0 Å². The molecule has 0 saturated carbocycles. The van der Waals surface area contributed by atoms with Gasteiger partial charge >= 0.3 is 0 Å². The van der Waals surface area contributed by atoms with Gasteiger partial charge in [0.05, 0.1) is 6.61 Å². The van der Waals surface area contributed by atoms with Crippen LogP contribution >= 0.6 is 0 Å². The summed E-state index contributed by atoms with van der Waals surface area (Å²) in [6, 6.07) is 5.84. The Morgan fingerprint density at radius 3 is 2.40 bits per heavy atom. The summed E-state index contributed by atoms with van der Waals surface area (Å²) in [6.07, 6.45) is 0. The Bertz CT molecular complexity index is 193. The third kappa shape index (κ3) is 1.72. The minimum absolute atomic E-state index is 0.253. The van der Waals surface area contributed by atoms with Gasteiger partial charge in [-0.05, 0) is 31.2 Å². The normalized spacial score (nSPS) is 9.40. The quantitative estimate of drug-likeness (QED) is 0.609. The van der Waals surface area contributed by atoms with Crippen molar-refractivity contribution in [1.82, 2.24) is 0 Å². The molecular formula is C8H8FO. The zero-order chi connectivity index (χ0) is 7.40. The maximum atomic E-state index is 12.3. The highest BCUT2D eigenvalue weighted by Crippen LogP contribution is 2.10. The lowest BCUT2D eigenvalue weighted by Crippen LogP contribution is -1.90. The van der Waals surface area contributed by atoms with Crippen LogP contribution < -0.4 is 4.74 Å². The molecule has 0 heterocycles. The second kappa shape index (κ2) is 3.20. The molecule has 53 valence electrons. The van der Waals surface area contributed by atoms with Crippen molar-refractivity contribution in [1.29, 1.82) is 0 Å². The van der Waals surface area contributed by atoms with Crippen LogP contribution in [0.25, 0.3) is 0 Å². The van der Waals surface area contributed by atoms with Crippen molar-refractivity contribution >= 4 is 0 Å². The first-order valence-electron chi connectivity index (χ1n) is 3.00. The van der Waals surface area contributed by atoms with Crippen LogP contribution in [0.5, 0.6) is 5.75 Å². The monoisotopic (exact) mass is 139 g/mol. The first-order chi connectivity index (χ1) is 4.83. The van der Waals surface area contributed by atoms with Crippen molar-refractivity contribution in [2.75, 3.05) is 6.61 Å². The topological polar surface area (TPSA) is 9.23 Å². The van der Waals surface area contributed by atoms with Gasteiger partial charge in [0.2, 0.25) is 0 Å². The van der Waals surface area contributed by atoms with Crippen LogP contribution in [0.15, 0.2) is 24.3 Å². The molecule has 0 aromatic heterocycles. The van der Waals surface area contributed by atoms with Crippen LogP contribution in [0, 0.1) is 12.7 Å². The molecule has 0 aliphatic carbocycles. The lowest BCUT2D eigenvalue weighted by Gasteiger charge is -1.99. The Hall–Kier alpha value is -1.05. The summed E-state index contributed by atoms with van der Waals surface area (Å²) in [6.45, 7) is 3.85. The highest BCUT2D eigenvalue weighted by atomic mass is 19.1. The maximum Gasteiger partial charge on any atom is 0.123 e. The van der Waals surface area contributed by atoms with Crippen LogP contribution in [-0.4, -0.2) is 6.61 Å². The van der Waals surface area contributed by atoms with Gasteiger partial charge in [-0.3, -0.25) is 0 Å². The van der Waals surface area contributed by atoms with Gasteiger partial charge in [-0.25, -0.2) is 4.39 Å². The molecule has 0 amide bonds. The second-order valence-corrected chi connectivity index (χ2v) is 1.80. The number of halogens is 1. The molecule has 1 radical (unpaired) electrons. The van der Waals surface area contributed by atoms with Crippen LogP contribution in [0.1, 0.15) is 0 Å². The summed E-state index contributed by atoms with van der Waals surface area (Å²) in [7, 11) is 0. The average Bonchev–Trinajstić information content (AvgIpc) is 1.95. The fourth-order valence-corrected chi connectivity index (χ4v) is 0.649. The first-order valence-corrected chi connectivity index (χ1v) is 3.00. The Morgan fingerprint density at radius 1 is 1.30 bits per heavy atom. The van der Waals surface area contributed by atoms with E-state index in [1.165, 1.54) is 12.1 Å². The Kier molecular flexibility index (Phi) is 2.26. The van der Waals surface area contributed by atoms with E-state index in [0.717, 1.165) is 0 Å². The lowest BCUT2D eigenvalue weighted by atomic mass is 10.3. The number of hydrogen-bond donors (Lipinski definition) is 0. The number of ether oxygens (including phenoxy) is 1. The van der Waals surface area contributed by atoms with Crippen molar-refractivity contribution in [3.8, 4) is 5.75 Å². The minimum Gasteiger partial charge on any atom is -0.494 e. The van der Waals surface area contributed by atoms with E-state index in [0.29, 0.717) is 12.4 Å². The van der Waals surface area contributed by atoms with Gasteiger partial charge in [0.25, 0.3) is 0 Å². The molecule has 1 rings (SSSR count). The zero-order valence-electron chi connectivity index (χ0n) is 5.51. The van der Waals surface area contributed by atoms with Gasteiger partial charge < -0.3 is 4.74 Å². The molecule has 0 N–H and O–H groups in total. The summed E-state index contributed by atoms with van der Waals surface area (Å²) in [5.74, 6) is 0.396. The van der Waals surface area contributed by atoms with Crippen LogP contribution in [0.3, 0.4) is 0 Å². The fourth-order valence-electron chi connectivity index (χ4n) is 0.649. The summed E-state index contributed by atoms with van der Waals surface area (Å²) in [5, 5.41) is 0. The van der Waals surface area contributed by atoms with E-state index >= 15 is 0 Å². The molecule has 0 aliphatic heterocycles. The van der Waals surface area contributed by atoms with E-state index < -0.39 is 0 Å². The molecule has 0 atom stereocenters. The number of benzene rings is 1. The molecule has 0 bridgehead atoms. The predicted molar refractivity (Wildman–Crippen MR) is 37.3 cm³/mol. The molecule has 0 fully saturated rings. The van der Waals surface area contributed by atoms with Crippen molar-refractivity contribution in [2.24, 2.45) is 0 Å². The fraction of sp³-hybridized carbons (Fsp3) is 0.125. The smallest absolute Gasteiger partial charge is 0.123 e. The van der Waals surface area contributed by atoms with Crippen LogP contribution in [0.2, 0.25) is 0 Å². The average molecular weight is 139 g/mol. The maximum absolute atomic E-state index is 12.3. The zero-order valence-corrected chi connectivity index (χ0v) is 5.51. The number of rotatable bonds is 2. The van der Waals surface area contributed by atoms with E-state index in [1.807, 2.05) is 0 Å². The molecule has 1 nitrogen and oxygen atoms in total. The molecule has 0 spiro atoms. The molecule has 0 saturated heterocycles. The van der Waals surface area contributed by atoms with Crippen molar-refractivity contribution in [3.63, 3.8) is 0 Å². The first kappa shape index (κ1) is 7.06. The molecule has 0 aliphatic rings. The van der Waals surface area contributed by atoms with Crippen LogP contribution in [0.4, 0.5) is 4.39 Å². The van der Waals surface area contributed by atoms with Gasteiger partial charge in [0.15, 0.2) is 0 Å². The third-order valence-electron chi connectivity index (χ3n) is 1.08. The van der Waals surface area contributed by atoms with E-state index in [9.17, 15) is 4.39 Å². The summed E-state index contributed by atoms with van der Waals surface area (Å²) in [4.78, 5) is 0. The summed E-state index contributed by atoms with van der Waals surface area (Å²) in [5.41, 5.74) is 0. The molecule has 2 heteroatoms. The Morgan fingerprint density at radius 2 is 1.90 bits per heavy atom. The van der Waals surface area contributed by atoms with Gasteiger partial charge in [0, 0.05) is 0 Å². The van der Waals surface area contributed by atoms with Crippen molar-refractivity contribution in [2.45, 2.75) is 0 Å². The van der Waals surface area contributed by atoms with Gasteiger partial charge in [-0.1, -0.05) is 0 Å². The van der Waals surface area contributed by atoms with E-state index in [4.69, 9.17) is 4.74 Å². The SMILES string of the molecule is [CH2]COc1ccc(F)cc1. The largest absolute Gasteiger partial charge is 0.494 e. The molecule has 1 aromatic rings.